The maximum absolute atomic E-state index is 11.2. The van der Waals surface area contributed by atoms with Crippen molar-refractivity contribution < 1.29 is 4.79 Å². The number of carbonyl (C=O) groups excluding carboxylic acids is 1. The number of hydrogen-bond donors (Lipinski definition) is 1. The predicted octanol–water partition coefficient (Wildman–Crippen LogP) is -0.167. The quantitative estimate of drug-likeness (QED) is 0.540. The zero-order chi connectivity index (χ0) is 10.7. The molecule has 0 bridgehead atoms. The van der Waals surface area contributed by atoms with Gasteiger partial charge in [0.15, 0.2) is 0 Å². The zero-order valence-corrected chi connectivity index (χ0v) is 8.67. The number of aromatic nitrogens is 2. The third-order valence-corrected chi connectivity index (χ3v) is 2.70. The van der Waals surface area contributed by atoms with Crippen LogP contribution < -0.4 is 5.73 Å². The SMILES string of the molecule is NC1CN(CCCCn2ccnc2)C1=O. The summed E-state index contributed by atoms with van der Waals surface area (Å²) in [6.45, 7) is 2.53. The van der Waals surface area contributed by atoms with Crippen LogP contribution in [0, 0.1) is 0 Å². The van der Waals surface area contributed by atoms with Gasteiger partial charge in [-0.3, -0.25) is 4.79 Å². The fourth-order valence-corrected chi connectivity index (χ4v) is 1.75. The Morgan fingerprint density at radius 2 is 2.27 bits per heavy atom. The molecule has 15 heavy (non-hydrogen) atoms. The number of aryl methyl sites for hydroxylation is 1. The van der Waals surface area contributed by atoms with E-state index in [9.17, 15) is 4.79 Å². The Bertz CT molecular complexity index is 322. The van der Waals surface area contributed by atoms with Crippen LogP contribution in [0.5, 0.6) is 0 Å². The molecule has 1 fully saturated rings. The molecule has 1 saturated heterocycles. The lowest BCUT2D eigenvalue weighted by Gasteiger charge is -2.36. The van der Waals surface area contributed by atoms with Crippen molar-refractivity contribution in [1.29, 1.82) is 0 Å². The Labute approximate surface area is 88.9 Å². The summed E-state index contributed by atoms with van der Waals surface area (Å²) in [5, 5.41) is 0. The molecular formula is C10H16N4O. The summed E-state index contributed by atoms with van der Waals surface area (Å²) in [6, 6.07) is -0.237. The number of hydrogen-bond acceptors (Lipinski definition) is 3. The minimum atomic E-state index is -0.237. The molecule has 5 nitrogen and oxygen atoms in total. The fourth-order valence-electron chi connectivity index (χ4n) is 1.75. The molecule has 0 spiro atoms. The first-order valence-corrected chi connectivity index (χ1v) is 5.27. The molecule has 0 aromatic carbocycles. The monoisotopic (exact) mass is 208 g/mol. The molecule has 1 atom stereocenters. The second kappa shape index (κ2) is 4.44. The molecule has 5 heteroatoms. The summed E-state index contributed by atoms with van der Waals surface area (Å²) in [5.74, 6) is 0.0950. The normalized spacial score (nSPS) is 20.5. The van der Waals surface area contributed by atoms with E-state index in [1.54, 1.807) is 6.20 Å². The average Bonchev–Trinajstić information content (AvgIpc) is 2.75. The first kappa shape index (κ1) is 10.2. The number of nitrogens with two attached hydrogens (primary N) is 1. The van der Waals surface area contributed by atoms with E-state index in [4.69, 9.17) is 5.73 Å². The van der Waals surface area contributed by atoms with Gasteiger partial charge in [0.05, 0.1) is 6.33 Å². The third kappa shape index (κ3) is 2.36. The summed E-state index contributed by atoms with van der Waals surface area (Å²) in [7, 11) is 0. The van der Waals surface area contributed by atoms with Crippen LogP contribution in [0.15, 0.2) is 18.7 Å². The number of imidazole rings is 1. The van der Waals surface area contributed by atoms with Crippen LogP contribution in [0.4, 0.5) is 0 Å². The minimum absolute atomic E-state index is 0.0950. The van der Waals surface area contributed by atoms with E-state index >= 15 is 0 Å². The van der Waals surface area contributed by atoms with Crippen LogP contribution in [0.2, 0.25) is 0 Å². The summed E-state index contributed by atoms with van der Waals surface area (Å²) in [4.78, 5) is 17.0. The van der Waals surface area contributed by atoms with Crippen molar-refractivity contribution in [3.8, 4) is 0 Å². The second-order valence-electron chi connectivity index (χ2n) is 3.90. The molecule has 1 aromatic heterocycles. The van der Waals surface area contributed by atoms with Crippen molar-refractivity contribution in [1.82, 2.24) is 14.5 Å². The van der Waals surface area contributed by atoms with Crippen molar-refractivity contribution in [3.05, 3.63) is 18.7 Å². The summed E-state index contributed by atoms with van der Waals surface area (Å²) < 4.78 is 2.05. The van der Waals surface area contributed by atoms with Gasteiger partial charge in [0.2, 0.25) is 5.91 Å². The molecule has 0 aliphatic carbocycles. The molecule has 2 rings (SSSR count). The Hall–Kier alpha value is -1.36. The summed E-state index contributed by atoms with van der Waals surface area (Å²) in [5.41, 5.74) is 5.49. The summed E-state index contributed by atoms with van der Waals surface area (Å²) >= 11 is 0. The van der Waals surface area contributed by atoms with Crippen LogP contribution in [0.25, 0.3) is 0 Å². The summed E-state index contributed by atoms with van der Waals surface area (Å²) in [6.07, 6.45) is 7.62. The Morgan fingerprint density at radius 3 is 2.87 bits per heavy atom. The second-order valence-corrected chi connectivity index (χ2v) is 3.90. The first-order chi connectivity index (χ1) is 7.27. The number of amides is 1. The molecule has 0 radical (unpaired) electrons. The number of carbonyl (C=O) groups is 1. The van der Waals surface area contributed by atoms with Crippen molar-refractivity contribution in [2.45, 2.75) is 25.4 Å². The van der Waals surface area contributed by atoms with Gasteiger partial charge >= 0.3 is 0 Å². The number of β-lactam (4-membered cyclic amide) rings is 1. The number of likely N-dealkylation sites (tertiary alicyclic amines) is 1. The highest BCUT2D eigenvalue weighted by Gasteiger charge is 2.32. The molecule has 82 valence electrons. The van der Waals surface area contributed by atoms with Gasteiger partial charge in [-0.1, -0.05) is 0 Å². The molecule has 2 heterocycles. The van der Waals surface area contributed by atoms with Crippen LogP contribution in [-0.4, -0.2) is 39.5 Å². The smallest absolute Gasteiger partial charge is 0.241 e. The number of unbranched alkanes of at least 4 members (excludes halogenated alkanes) is 1. The molecule has 0 saturated carbocycles. The molecule has 1 amide bonds. The molecule has 2 N–H and O–H groups in total. The fraction of sp³-hybridized carbons (Fsp3) is 0.600. The zero-order valence-electron chi connectivity index (χ0n) is 8.67. The standard InChI is InChI=1S/C10H16N4O/c11-9-7-14(10(9)15)5-2-1-4-13-6-3-12-8-13/h3,6,8-9H,1-2,4-5,7,11H2. The van der Waals surface area contributed by atoms with Crippen molar-refractivity contribution in [2.24, 2.45) is 5.73 Å². The highest BCUT2D eigenvalue weighted by molar-refractivity contribution is 5.87. The minimum Gasteiger partial charge on any atom is -0.339 e. The van der Waals surface area contributed by atoms with Gasteiger partial charge < -0.3 is 15.2 Å². The highest BCUT2D eigenvalue weighted by atomic mass is 16.2. The maximum Gasteiger partial charge on any atom is 0.241 e. The molecule has 1 unspecified atom stereocenters. The van der Waals surface area contributed by atoms with E-state index in [2.05, 4.69) is 4.98 Å². The first-order valence-electron chi connectivity index (χ1n) is 5.27. The van der Waals surface area contributed by atoms with Crippen molar-refractivity contribution >= 4 is 5.91 Å². The van der Waals surface area contributed by atoms with Gasteiger partial charge in [-0.05, 0) is 12.8 Å². The van der Waals surface area contributed by atoms with E-state index in [1.807, 2.05) is 22.0 Å². The van der Waals surface area contributed by atoms with Crippen LogP contribution in [0.3, 0.4) is 0 Å². The van der Waals surface area contributed by atoms with Gasteiger partial charge in [0, 0.05) is 32.0 Å². The van der Waals surface area contributed by atoms with Crippen LogP contribution >= 0.6 is 0 Å². The van der Waals surface area contributed by atoms with Gasteiger partial charge in [-0.15, -0.1) is 0 Å². The third-order valence-electron chi connectivity index (χ3n) is 2.70. The molecular weight excluding hydrogens is 192 g/mol. The number of nitrogens with zero attached hydrogens (tertiary/aromatic N) is 3. The van der Waals surface area contributed by atoms with E-state index in [0.29, 0.717) is 0 Å². The van der Waals surface area contributed by atoms with Gasteiger partial charge in [-0.25, -0.2) is 4.98 Å². The lowest BCUT2D eigenvalue weighted by atomic mass is 10.1. The predicted molar refractivity (Wildman–Crippen MR) is 56.0 cm³/mol. The van der Waals surface area contributed by atoms with Gasteiger partial charge in [0.1, 0.15) is 6.04 Å². The van der Waals surface area contributed by atoms with Crippen LogP contribution in [-0.2, 0) is 11.3 Å². The van der Waals surface area contributed by atoms with Crippen molar-refractivity contribution in [3.63, 3.8) is 0 Å². The van der Waals surface area contributed by atoms with Gasteiger partial charge in [0.25, 0.3) is 0 Å². The lowest BCUT2D eigenvalue weighted by Crippen LogP contribution is -2.60. The highest BCUT2D eigenvalue weighted by Crippen LogP contribution is 2.09. The molecule has 1 aliphatic rings. The largest absolute Gasteiger partial charge is 0.339 e. The molecule has 1 aliphatic heterocycles. The van der Waals surface area contributed by atoms with E-state index in [-0.39, 0.29) is 11.9 Å². The lowest BCUT2D eigenvalue weighted by molar-refractivity contribution is -0.142. The Morgan fingerprint density at radius 1 is 1.47 bits per heavy atom. The van der Waals surface area contributed by atoms with Crippen LogP contribution in [0.1, 0.15) is 12.8 Å². The Balaban J connectivity index is 1.58. The Kier molecular flexibility index (Phi) is 3.01. The van der Waals surface area contributed by atoms with Crippen molar-refractivity contribution in [2.75, 3.05) is 13.1 Å². The van der Waals surface area contributed by atoms with Gasteiger partial charge in [-0.2, -0.15) is 0 Å². The molecule has 1 aromatic rings. The van der Waals surface area contributed by atoms with E-state index < -0.39 is 0 Å². The topological polar surface area (TPSA) is 64.2 Å². The van der Waals surface area contributed by atoms with E-state index in [0.717, 1.165) is 32.5 Å². The van der Waals surface area contributed by atoms with E-state index in [1.165, 1.54) is 0 Å². The maximum atomic E-state index is 11.2. The average molecular weight is 208 g/mol. The number of rotatable bonds is 5.